The Morgan fingerprint density at radius 3 is 3.09 bits per heavy atom. The van der Waals surface area contributed by atoms with Crippen LogP contribution in [0.5, 0.6) is 5.75 Å². The normalized spacial score (nSPS) is 17.2. The first kappa shape index (κ1) is 15.6. The van der Waals surface area contributed by atoms with Crippen LogP contribution in [-0.2, 0) is 24.2 Å². The molecule has 0 bridgehead atoms. The molecule has 0 saturated heterocycles. The van der Waals surface area contributed by atoms with Crippen LogP contribution in [0.25, 0.3) is 0 Å². The molecule has 0 radical (unpaired) electrons. The van der Waals surface area contributed by atoms with Crippen LogP contribution in [0.15, 0.2) is 30.6 Å². The van der Waals surface area contributed by atoms with E-state index in [1.54, 1.807) is 13.3 Å². The highest BCUT2D eigenvalue weighted by molar-refractivity contribution is 5.76. The molecule has 3 rings (SSSR count). The van der Waals surface area contributed by atoms with Gasteiger partial charge >= 0.3 is 0 Å². The molecule has 1 aliphatic carbocycles. The number of carbonyl (C=O) groups is 1. The monoisotopic (exact) mass is 313 g/mol. The van der Waals surface area contributed by atoms with Gasteiger partial charge < -0.3 is 14.6 Å². The van der Waals surface area contributed by atoms with Gasteiger partial charge in [0.1, 0.15) is 18.1 Å². The van der Waals surface area contributed by atoms with Gasteiger partial charge in [0, 0.05) is 18.4 Å². The second-order valence-electron chi connectivity index (χ2n) is 6.06. The molecule has 23 heavy (non-hydrogen) atoms. The van der Waals surface area contributed by atoms with E-state index in [4.69, 9.17) is 4.74 Å². The predicted molar refractivity (Wildman–Crippen MR) is 88.5 cm³/mol. The lowest BCUT2D eigenvalue weighted by molar-refractivity contribution is -0.122. The van der Waals surface area contributed by atoms with Gasteiger partial charge in [-0.25, -0.2) is 4.98 Å². The Kier molecular flexibility index (Phi) is 4.65. The Morgan fingerprint density at radius 2 is 2.35 bits per heavy atom. The van der Waals surface area contributed by atoms with Gasteiger partial charge in [0.15, 0.2) is 0 Å². The molecule has 0 aliphatic heterocycles. The summed E-state index contributed by atoms with van der Waals surface area (Å²) in [6.07, 6.45) is 7.47. The summed E-state index contributed by atoms with van der Waals surface area (Å²) in [6, 6.07) is 6.36. The summed E-state index contributed by atoms with van der Waals surface area (Å²) in [5.41, 5.74) is 2.57. The van der Waals surface area contributed by atoms with Crippen LogP contribution in [0.3, 0.4) is 0 Å². The molecule has 1 aromatic carbocycles. The number of benzene rings is 1. The first-order valence-electron chi connectivity index (χ1n) is 8.09. The van der Waals surface area contributed by atoms with Crippen LogP contribution in [0.2, 0.25) is 0 Å². The van der Waals surface area contributed by atoms with Gasteiger partial charge in [0.25, 0.3) is 0 Å². The number of aromatic nitrogens is 2. The summed E-state index contributed by atoms with van der Waals surface area (Å²) in [7, 11) is 1.72. The number of hydrogen-bond acceptors (Lipinski definition) is 3. The number of fused-ring (bicyclic) bond motifs is 1. The number of nitrogens with zero attached hydrogens (tertiary/aromatic N) is 2. The summed E-state index contributed by atoms with van der Waals surface area (Å²) in [4.78, 5) is 16.4. The number of carbonyl (C=O) groups excluding carboxylic acids is 1. The fourth-order valence-electron chi connectivity index (χ4n) is 3.29. The van der Waals surface area contributed by atoms with Crippen molar-refractivity contribution in [1.29, 1.82) is 0 Å². The zero-order valence-electron chi connectivity index (χ0n) is 13.7. The number of aryl methyl sites for hydroxylation is 1. The molecule has 1 aliphatic rings. The van der Waals surface area contributed by atoms with Crippen LogP contribution in [-0.4, -0.2) is 28.6 Å². The average Bonchev–Trinajstić information content (AvgIpc) is 2.82. The van der Waals surface area contributed by atoms with Gasteiger partial charge in [-0.1, -0.05) is 12.1 Å². The lowest BCUT2D eigenvalue weighted by atomic mass is 10.0. The predicted octanol–water partition coefficient (Wildman–Crippen LogP) is 2.26. The molecule has 1 atom stereocenters. The molecule has 0 spiro atoms. The zero-order chi connectivity index (χ0) is 16.2. The SMILES string of the molecule is COc1cccc2c1CCCC(NC(=O)Cn1ccnc1C)C2. The van der Waals surface area contributed by atoms with Gasteiger partial charge in [-0.2, -0.15) is 0 Å². The van der Waals surface area contributed by atoms with Crippen molar-refractivity contribution in [2.45, 2.75) is 45.2 Å². The van der Waals surface area contributed by atoms with E-state index in [1.165, 1.54) is 11.1 Å². The van der Waals surface area contributed by atoms with Crippen molar-refractivity contribution in [2.75, 3.05) is 7.11 Å². The highest BCUT2D eigenvalue weighted by Gasteiger charge is 2.20. The minimum atomic E-state index is 0.0439. The third kappa shape index (κ3) is 3.55. The number of imidazole rings is 1. The highest BCUT2D eigenvalue weighted by atomic mass is 16.5. The number of amides is 1. The van der Waals surface area contributed by atoms with E-state index < -0.39 is 0 Å². The fourth-order valence-corrected chi connectivity index (χ4v) is 3.29. The first-order valence-corrected chi connectivity index (χ1v) is 8.09. The van der Waals surface area contributed by atoms with E-state index in [0.717, 1.165) is 37.3 Å². The Bertz CT molecular complexity index is 693. The second kappa shape index (κ2) is 6.86. The molecule has 1 amide bonds. The topological polar surface area (TPSA) is 56.1 Å². The van der Waals surface area contributed by atoms with E-state index in [2.05, 4.69) is 16.4 Å². The molecular weight excluding hydrogens is 290 g/mol. The van der Waals surface area contributed by atoms with E-state index in [0.29, 0.717) is 6.54 Å². The van der Waals surface area contributed by atoms with Crippen molar-refractivity contribution < 1.29 is 9.53 Å². The van der Waals surface area contributed by atoms with Gasteiger partial charge in [0.05, 0.1) is 7.11 Å². The Morgan fingerprint density at radius 1 is 1.48 bits per heavy atom. The Hall–Kier alpha value is -2.30. The molecule has 1 aromatic heterocycles. The number of ether oxygens (including phenoxy) is 1. The van der Waals surface area contributed by atoms with Gasteiger partial charge in [-0.05, 0) is 49.8 Å². The summed E-state index contributed by atoms with van der Waals surface area (Å²) in [5.74, 6) is 1.86. The minimum absolute atomic E-state index is 0.0439. The number of methoxy groups -OCH3 is 1. The van der Waals surface area contributed by atoms with Gasteiger partial charge in [0.2, 0.25) is 5.91 Å². The van der Waals surface area contributed by atoms with E-state index in [9.17, 15) is 4.79 Å². The average molecular weight is 313 g/mol. The highest BCUT2D eigenvalue weighted by Crippen LogP contribution is 2.28. The van der Waals surface area contributed by atoms with Gasteiger partial charge in [-0.3, -0.25) is 4.79 Å². The minimum Gasteiger partial charge on any atom is -0.496 e. The lowest BCUT2D eigenvalue weighted by Gasteiger charge is -2.18. The molecule has 1 N–H and O–H groups in total. The maximum Gasteiger partial charge on any atom is 0.240 e. The molecule has 1 unspecified atom stereocenters. The number of nitrogens with one attached hydrogen (secondary N) is 1. The first-order chi connectivity index (χ1) is 11.2. The summed E-state index contributed by atoms with van der Waals surface area (Å²) < 4.78 is 7.33. The standard InChI is InChI=1S/C18H23N3O2/c1-13-19-9-10-21(13)12-18(22)20-15-6-4-7-16-14(11-15)5-3-8-17(16)23-2/h3,5,8-10,15H,4,6-7,11-12H2,1-2H3,(H,20,22). The van der Waals surface area contributed by atoms with Crippen molar-refractivity contribution in [3.05, 3.63) is 47.5 Å². The molecule has 1 heterocycles. The maximum atomic E-state index is 12.3. The Balaban J connectivity index is 1.67. The van der Waals surface area contributed by atoms with Crippen LogP contribution in [0.4, 0.5) is 0 Å². The van der Waals surface area contributed by atoms with E-state index in [-0.39, 0.29) is 11.9 Å². The summed E-state index contributed by atoms with van der Waals surface area (Å²) >= 11 is 0. The van der Waals surface area contributed by atoms with Crippen molar-refractivity contribution >= 4 is 5.91 Å². The molecular formula is C18H23N3O2. The smallest absolute Gasteiger partial charge is 0.240 e. The second-order valence-corrected chi connectivity index (χ2v) is 6.06. The van der Waals surface area contributed by atoms with Crippen molar-refractivity contribution in [2.24, 2.45) is 0 Å². The van der Waals surface area contributed by atoms with Crippen molar-refractivity contribution in [1.82, 2.24) is 14.9 Å². The molecule has 0 saturated carbocycles. The zero-order valence-corrected chi connectivity index (χ0v) is 13.7. The molecule has 122 valence electrons. The third-order valence-corrected chi connectivity index (χ3v) is 4.50. The number of hydrogen-bond donors (Lipinski definition) is 1. The quantitative estimate of drug-likeness (QED) is 0.881. The van der Waals surface area contributed by atoms with Crippen LogP contribution in [0, 0.1) is 6.92 Å². The van der Waals surface area contributed by atoms with E-state index in [1.807, 2.05) is 29.8 Å². The van der Waals surface area contributed by atoms with Crippen LogP contribution >= 0.6 is 0 Å². The van der Waals surface area contributed by atoms with Crippen molar-refractivity contribution in [3.8, 4) is 5.75 Å². The molecule has 5 nitrogen and oxygen atoms in total. The van der Waals surface area contributed by atoms with Crippen molar-refractivity contribution in [3.63, 3.8) is 0 Å². The van der Waals surface area contributed by atoms with E-state index >= 15 is 0 Å². The molecule has 5 heteroatoms. The fraction of sp³-hybridized carbons (Fsp3) is 0.444. The van der Waals surface area contributed by atoms with Crippen LogP contribution in [0.1, 0.15) is 29.8 Å². The largest absolute Gasteiger partial charge is 0.496 e. The Labute approximate surface area is 136 Å². The summed E-state index contributed by atoms with van der Waals surface area (Å²) in [5, 5.41) is 3.17. The third-order valence-electron chi connectivity index (χ3n) is 4.50. The maximum absolute atomic E-state index is 12.3. The lowest BCUT2D eigenvalue weighted by Crippen LogP contribution is -2.38. The number of rotatable bonds is 4. The van der Waals surface area contributed by atoms with Gasteiger partial charge in [-0.15, -0.1) is 0 Å². The molecule has 0 fully saturated rings. The molecule has 2 aromatic rings. The van der Waals surface area contributed by atoms with Crippen LogP contribution < -0.4 is 10.1 Å². The summed E-state index contributed by atoms with van der Waals surface area (Å²) in [6.45, 7) is 2.23.